The van der Waals surface area contributed by atoms with Crippen LogP contribution in [0.1, 0.15) is 16.7 Å². The Morgan fingerprint density at radius 3 is 2.65 bits per heavy atom. The largest absolute Gasteiger partial charge is 0.402 e. The van der Waals surface area contributed by atoms with E-state index >= 15 is 0 Å². The molecule has 0 fully saturated rings. The lowest BCUT2D eigenvalue weighted by atomic mass is 10.2. The van der Waals surface area contributed by atoms with Crippen molar-refractivity contribution in [2.75, 3.05) is 0 Å². The number of ether oxygens (including phenoxy) is 1. The van der Waals surface area contributed by atoms with E-state index in [1.807, 2.05) is 42.6 Å². The molecule has 0 saturated heterocycles. The van der Waals surface area contributed by atoms with Gasteiger partial charge < -0.3 is 4.74 Å². The van der Waals surface area contributed by atoms with E-state index in [4.69, 9.17) is 16.3 Å². The molecular weight excluding hydrogens is 350 g/mol. The van der Waals surface area contributed by atoms with Crippen molar-refractivity contribution in [1.29, 1.82) is 0 Å². The Labute approximate surface area is 155 Å². The highest BCUT2D eigenvalue weighted by Gasteiger charge is 2.25. The van der Waals surface area contributed by atoms with Crippen LogP contribution in [0.4, 0.5) is 0 Å². The van der Waals surface area contributed by atoms with E-state index in [2.05, 4.69) is 10.1 Å². The third-order valence-corrected chi connectivity index (χ3v) is 4.20. The summed E-state index contributed by atoms with van der Waals surface area (Å²) in [6.07, 6.45) is 5.20. The van der Waals surface area contributed by atoms with Crippen molar-refractivity contribution in [3.05, 3.63) is 94.4 Å². The van der Waals surface area contributed by atoms with Crippen molar-refractivity contribution >= 4 is 29.5 Å². The smallest absolute Gasteiger partial charge is 0.363 e. The number of nitrogens with zero attached hydrogens (tertiary/aromatic N) is 3. The molecule has 5 nitrogen and oxygen atoms in total. The molecule has 0 unspecified atom stereocenters. The summed E-state index contributed by atoms with van der Waals surface area (Å²) in [5.74, 6) is -0.292. The zero-order valence-corrected chi connectivity index (χ0v) is 14.4. The summed E-state index contributed by atoms with van der Waals surface area (Å²) in [5, 5.41) is 4.80. The van der Waals surface area contributed by atoms with E-state index in [0.717, 1.165) is 11.1 Å². The number of esters is 1. The van der Waals surface area contributed by atoms with E-state index in [1.54, 1.807) is 35.2 Å². The van der Waals surface area contributed by atoms with Crippen molar-refractivity contribution in [3.63, 3.8) is 0 Å². The summed E-state index contributed by atoms with van der Waals surface area (Å²) in [6, 6.07) is 17.1. The molecule has 0 spiro atoms. The number of rotatable bonds is 4. The highest BCUT2D eigenvalue weighted by Crippen LogP contribution is 2.23. The molecular formula is C20H14ClN3O2. The first-order chi connectivity index (χ1) is 12.7. The number of carbonyl (C=O) groups excluding carboxylic acids is 1. The topological polar surface area (TPSA) is 56.5 Å². The standard InChI is InChI=1S/C20H14ClN3O2/c21-17-9-5-4-8-16(17)19-23-18(20(25)26-19)10-15-11-22-24(13-15)12-14-6-2-1-3-7-14/h1-11,13H,12H2/b18-10+. The van der Waals surface area contributed by atoms with Crippen molar-refractivity contribution in [2.45, 2.75) is 6.54 Å². The van der Waals surface area contributed by atoms with Crippen LogP contribution in [-0.2, 0) is 16.1 Å². The molecule has 2 heterocycles. The maximum Gasteiger partial charge on any atom is 0.363 e. The zero-order valence-electron chi connectivity index (χ0n) is 13.7. The Hall–Kier alpha value is -3.18. The minimum absolute atomic E-state index is 0.212. The van der Waals surface area contributed by atoms with Crippen LogP contribution in [0, 0.1) is 0 Å². The molecule has 0 atom stereocenters. The molecule has 6 heteroatoms. The lowest BCUT2D eigenvalue weighted by molar-refractivity contribution is -0.129. The van der Waals surface area contributed by atoms with Crippen LogP contribution in [0.3, 0.4) is 0 Å². The molecule has 1 aliphatic heterocycles. The van der Waals surface area contributed by atoms with Gasteiger partial charge in [-0.1, -0.05) is 54.1 Å². The molecule has 4 rings (SSSR count). The predicted molar refractivity (Wildman–Crippen MR) is 99.8 cm³/mol. The van der Waals surface area contributed by atoms with Crippen LogP contribution in [0.5, 0.6) is 0 Å². The van der Waals surface area contributed by atoms with Gasteiger partial charge in [-0.05, 0) is 23.8 Å². The molecule has 1 aliphatic rings. The normalized spacial score (nSPS) is 15.2. The fourth-order valence-corrected chi connectivity index (χ4v) is 2.84. The lowest BCUT2D eigenvalue weighted by Crippen LogP contribution is -2.05. The predicted octanol–water partition coefficient (Wildman–Crippen LogP) is 3.93. The maximum absolute atomic E-state index is 12.1. The van der Waals surface area contributed by atoms with Gasteiger partial charge in [-0.2, -0.15) is 5.10 Å². The first kappa shape index (κ1) is 16.3. The summed E-state index contributed by atoms with van der Waals surface area (Å²) >= 11 is 6.14. The fourth-order valence-electron chi connectivity index (χ4n) is 2.63. The maximum atomic E-state index is 12.1. The quantitative estimate of drug-likeness (QED) is 0.521. The Kier molecular flexibility index (Phi) is 4.37. The second-order valence-electron chi connectivity index (χ2n) is 5.77. The number of carbonyl (C=O) groups is 1. The third-order valence-electron chi connectivity index (χ3n) is 3.87. The van der Waals surface area contributed by atoms with Crippen molar-refractivity contribution in [1.82, 2.24) is 9.78 Å². The lowest BCUT2D eigenvalue weighted by Gasteiger charge is -2.00. The van der Waals surface area contributed by atoms with Crippen LogP contribution in [0.25, 0.3) is 6.08 Å². The molecule has 1 aromatic heterocycles. The van der Waals surface area contributed by atoms with E-state index in [0.29, 0.717) is 17.1 Å². The number of aliphatic imine (C=N–C) groups is 1. The summed E-state index contributed by atoms with van der Waals surface area (Å²) in [5.41, 5.74) is 2.73. The van der Waals surface area contributed by atoms with Gasteiger partial charge in [0.25, 0.3) is 0 Å². The van der Waals surface area contributed by atoms with Crippen LogP contribution in [0.2, 0.25) is 5.02 Å². The molecule has 0 saturated carbocycles. The number of hydrogen-bond acceptors (Lipinski definition) is 4. The molecule has 0 N–H and O–H groups in total. The van der Waals surface area contributed by atoms with E-state index in [1.165, 1.54) is 0 Å². The highest BCUT2D eigenvalue weighted by molar-refractivity contribution is 6.34. The zero-order chi connectivity index (χ0) is 17.9. The molecule has 3 aromatic rings. The number of hydrogen-bond donors (Lipinski definition) is 0. The summed E-state index contributed by atoms with van der Waals surface area (Å²) in [4.78, 5) is 16.4. The van der Waals surface area contributed by atoms with E-state index < -0.39 is 5.97 Å². The van der Waals surface area contributed by atoms with Gasteiger partial charge in [0.05, 0.1) is 23.3 Å². The number of benzene rings is 2. The SMILES string of the molecule is O=C1OC(c2ccccc2Cl)=N/C1=C/c1cnn(Cc2ccccc2)c1. The van der Waals surface area contributed by atoms with Crippen LogP contribution in [0.15, 0.2) is 77.7 Å². The van der Waals surface area contributed by atoms with Gasteiger partial charge in [0.2, 0.25) is 5.90 Å². The Bertz CT molecular complexity index is 1020. The first-order valence-electron chi connectivity index (χ1n) is 8.03. The Balaban J connectivity index is 1.57. The minimum Gasteiger partial charge on any atom is -0.402 e. The Morgan fingerprint density at radius 1 is 1.08 bits per heavy atom. The minimum atomic E-state index is -0.504. The van der Waals surface area contributed by atoms with Gasteiger partial charge in [0, 0.05) is 11.8 Å². The van der Waals surface area contributed by atoms with Crippen molar-refractivity contribution in [3.8, 4) is 0 Å². The molecule has 0 radical (unpaired) electrons. The molecule has 0 aliphatic carbocycles. The molecule has 0 bridgehead atoms. The van der Waals surface area contributed by atoms with Crippen molar-refractivity contribution in [2.24, 2.45) is 4.99 Å². The van der Waals surface area contributed by atoms with E-state index in [-0.39, 0.29) is 11.6 Å². The third kappa shape index (κ3) is 3.43. The number of halogens is 1. The van der Waals surface area contributed by atoms with E-state index in [9.17, 15) is 4.79 Å². The fraction of sp³-hybridized carbons (Fsp3) is 0.0500. The van der Waals surface area contributed by atoms with Gasteiger partial charge in [0.1, 0.15) is 0 Å². The molecule has 0 amide bonds. The highest BCUT2D eigenvalue weighted by atomic mass is 35.5. The second-order valence-corrected chi connectivity index (χ2v) is 6.18. The first-order valence-corrected chi connectivity index (χ1v) is 8.41. The van der Waals surface area contributed by atoms with Crippen LogP contribution < -0.4 is 0 Å². The van der Waals surface area contributed by atoms with Gasteiger partial charge in [-0.3, -0.25) is 4.68 Å². The monoisotopic (exact) mass is 363 g/mol. The van der Waals surface area contributed by atoms with Gasteiger partial charge in [-0.15, -0.1) is 0 Å². The number of aromatic nitrogens is 2. The Morgan fingerprint density at radius 2 is 1.85 bits per heavy atom. The summed E-state index contributed by atoms with van der Waals surface area (Å²) in [6.45, 7) is 0.655. The summed E-state index contributed by atoms with van der Waals surface area (Å²) < 4.78 is 7.05. The molecule has 2 aromatic carbocycles. The van der Waals surface area contributed by atoms with Crippen molar-refractivity contribution < 1.29 is 9.53 Å². The molecule has 26 heavy (non-hydrogen) atoms. The average molecular weight is 364 g/mol. The average Bonchev–Trinajstić information content (AvgIpc) is 3.23. The number of cyclic esters (lactones) is 1. The second kappa shape index (κ2) is 6.98. The van der Waals surface area contributed by atoms with Gasteiger partial charge in [0.15, 0.2) is 5.70 Å². The van der Waals surface area contributed by atoms with Crippen LogP contribution >= 0.6 is 11.6 Å². The molecule has 128 valence electrons. The summed E-state index contributed by atoms with van der Waals surface area (Å²) in [7, 11) is 0. The van der Waals surface area contributed by atoms with Gasteiger partial charge >= 0.3 is 5.97 Å². The van der Waals surface area contributed by atoms with Crippen LogP contribution in [-0.4, -0.2) is 21.6 Å². The van der Waals surface area contributed by atoms with Gasteiger partial charge in [-0.25, -0.2) is 9.79 Å².